The maximum atomic E-state index is 5.70. The molecule has 1 unspecified atom stereocenters. The summed E-state index contributed by atoms with van der Waals surface area (Å²) in [6.45, 7) is 4.83. The van der Waals surface area contributed by atoms with Crippen LogP contribution in [0.15, 0.2) is 36.8 Å². The van der Waals surface area contributed by atoms with Crippen molar-refractivity contribution in [1.82, 2.24) is 9.55 Å². The summed E-state index contributed by atoms with van der Waals surface area (Å²) in [6.07, 6.45) is 3.74. The van der Waals surface area contributed by atoms with Crippen molar-refractivity contribution in [3.05, 3.63) is 42.4 Å². The number of hydrogen-bond donors (Lipinski definition) is 1. The van der Waals surface area contributed by atoms with Crippen LogP contribution in [0.5, 0.6) is 0 Å². The van der Waals surface area contributed by atoms with Gasteiger partial charge in [-0.15, -0.1) is 0 Å². The van der Waals surface area contributed by atoms with Crippen molar-refractivity contribution in [2.75, 3.05) is 6.54 Å². The zero-order chi connectivity index (χ0) is 11.5. The second kappa shape index (κ2) is 4.49. The van der Waals surface area contributed by atoms with E-state index in [9.17, 15) is 0 Å². The summed E-state index contributed by atoms with van der Waals surface area (Å²) in [5.41, 5.74) is 9.32. The lowest BCUT2D eigenvalue weighted by Gasteiger charge is -2.15. The van der Waals surface area contributed by atoms with E-state index in [-0.39, 0.29) is 6.04 Å². The Balaban J connectivity index is 2.49. The molecule has 0 amide bonds. The summed E-state index contributed by atoms with van der Waals surface area (Å²) in [4.78, 5) is 4.22. The molecule has 1 aromatic heterocycles. The zero-order valence-corrected chi connectivity index (χ0v) is 9.72. The summed E-state index contributed by atoms with van der Waals surface area (Å²) in [7, 11) is 0. The van der Waals surface area contributed by atoms with Gasteiger partial charge in [-0.2, -0.15) is 0 Å². The first-order valence-corrected chi connectivity index (χ1v) is 5.52. The number of nitrogens with zero attached hydrogens (tertiary/aromatic N) is 2. The summed E-state index contributed by atoms with van der Waals surface area (Å²) in [5.74, 6) is 0. The Morgan fingerprint density at radius 2 is 2.12 bits per heavy atom. The molecule has 0 saturated carbocycles. The van der Waals surface area contributed by atoms with E-state index >= 15 is 0 Å². The molecule has 2 rings (SSSR count). The monoisotopic (exact) mass is 215 g/mol. The topological polar surface area (TPSA) is 43.8 Å². The minimum Gasteiger partial charge on any atom is -0.328 e. The Hall–Kier alpha value is -1.61. The van der Waals surface area contributed by atoms with Crippen LogP contribution in [-0.4, -0.2) is 16.1 Å². The molecule has 1 heterocycles. The minimum absolute atomic E-state index is 0.275. The van der Waals surface area contributed by atoms with Gasteiger partial charge in [0.25, 0.3) is 0 Å². The molecule has 84 valence electrons. The molecule has 0 fully saturated rings. The Bertz CT molecular complexity index is 474. The number of imidazole rings is 1. The molecule has 1 aromatic carbocycles. The van der Waals surface area contributed by atoms with Crippen molar-refractivity contribution in [2.45, 2.75) is 19.9 Å². The second-order valence-electron chi connectivity index (χ2n) is 4.09. The molecule has 3 heteroatoms. The third-order valence-electron chi connectivity index (χ3n) is 2.90. The van der Waals surface area contributed by atoms with Gasteiger partial charge in [0.15, 0.2) is 0 Å². The van der Waals surface area contributed by atoms with E-state index in [1.54, 1.807) is 0 Å². The normalized spacial score (nSPS) is 12.7. The summed E-state index contributed by atoms with van der Waals surface area (Å²) in [6, 6.07) is 8.60. The maximum Gasteiger partial charge on any atom is 0.0953 e. The lowest BCUT2D eigenvalue weighted by atomic mass is 10.1. The first-order valence-electron chi connectivity index (χ1n) is 5.52. The first-order chi connectivity index (χ1) is 7.74. The molecule has 2 N–H and O–H groups in total. The van der Waals surface area contributed by atoms with Gasteiger partial charge in [-0.05, 0) is 19.4 Å². The van der Waals surface area contributed by atoms with E-state index in [0.29, 0.717) is 6.54 Å². The third kappa shape index (κ3) is 1.86. The molecule has 0 bridgehead atoms. The molecule has 16 heavy (non-hydrogen) atoms. The quantitative estimate of drug-likeness (QED) is 0.854. The molecule has 0 spiro atoms. The van der Waals surface area contributed by atoms with Crippen molar-refractivity contribution in [1.29, 1.82) is 0 Å². The molecule has 0 aliphatic rings. The Labute approximate surface area is 95.9 Å². The Morgan fingerprint density at radius 3 is 2.81 bits per heavy atom. The van der Waals surface area contributed by atoms with Crippen LogP contribution < -0.4 is 5.73 Å². The maximum absolute atomic E-state index is 5.70. The fraction of sp³-hybridized carbons (Fsp3) is 0.308. The van der Waals surface area contributed by atoms with Crippen molar-refractivity contribution < 1.29 is 0 Å². The number of aromatic nitrogens is 2. The molecule has 0 radical (unpaired) electrons. The van der Waals surface area contributed by atoms with Crippen molar-refractivity contribution >= 4 is 0 Å². The lowest BCUT2D eigenvalue weighted by Crippen LogP contribution is -2.16. The fourth-order valence-electron chi connectivity index (χ4n) is 1.84. The van der Waals surface area contributed by atoms with Gasteiger partial charge in [-0.3, -0.25) is 0 Å². The van der Waals surface area contributed by atoms with Gasteiger partial charge in [0.05, 0.1) is 18.2 Å². The highest BCUT2D eigenvalue weighted by molar-refractivity contribution is 5.63. The van der Waals surface area contributed by atoms with Crippen LogP contribution in [0.3, 0.4) is 0 Å². The third-order valence-corrected chi connectivity index (χ3v) is 2.90. The fourth-order valence-corrected chi connectivity index (χ4v) is 1.84. The molecule has 1 atom stereocenters. The largest absolute Gasteiger partial charge is 0.328 e. The highest BCUT2D eigenvalue weighted by atomic mass is 15.1. The van der Waals surface area contributed by atoms with E-state index in [1.165, 1.54) is 11.1 Å². The Kier molecular flexibility index (Phi) is 3.06. The second-order valence-corrected chi connectivity index (χ2v) is 4.09. The van der Waals surface area contributed by atoms with E-state index in [4.69, 9.17) is 5.73 Å². The van der Waals surface area contributed by atoms with Gasteiger partial charge >= 0.3 is 0 Å². The predicted molar refractivity (Wildman–Crippen MR) is 66.2 cm³/mol. The van der Waals surface area contributed by atoms with Crippen LogP contribution >= 0.6 is 0 Å². The van der Waals surface area contributed by atoms with E-state index < -0.39 is 0 Å². The van der Waals surface area contributed by atoms with Gasteiger partial charge < -0.3 is 10.3 Å². The van der Waals surface area contributed by atoms with Crippen molar-refractivity contribution in [3.8, 4) is 11.3 Å². The van der Waals surface area contributed by atoms with E-state index in [1.807, 2.05) is 24.7 Å². The lowest BCUT2D eigenvalue weighted by molar-refractivity contribution is 0.562. The molecule has 0 aliphatic heterocycles. The number of nitrogens with two attached hydrogens (primary N) is 1. The van der Waals surface area contributed by atoms with Gasteiger partial charge in [0, 0.05) is 18.2 Å². The summed E-state index contributed by atoms with van der Waals surface area (Å²) in [5, 5.41) is 0. The average Bonchev–Trinajstić information content (AvgIpc) is 2.77. The molecular formula is C13H17N3. The van der Waals surface area contributed by atoms with Crippen molar-refractivity contribution in [3.63, 3.8) is 0 Å². The summed E-state index contributed by atoms with van der Waals surface area (Å²) < 4.78 is 2.13. The SMILES string of the molecule is Cc1ccccc1-c1cncn1C(C)CN. The predicted octanol–water partition coefficient (Wildman–Crippen LogP) is 2.38. The molecular weight excluding hydrogens is 198 g/mol. The van der Waals surface area contributed by atoms with Crippen LogP contribution in [0, 0.1) is 6.92 Å². The van der Waals surface area contributed by atoms with Crippen LogP contribution in [0.1, 0.15) is 18.5 Å². The molecule has 0 aliphatic carbocycles. The van der Waals surface area contributed by atoms with E-state index in [2.05, 4.69) is 35.5 Å². The molecule has 0 saturated heterocycles. The van der Waals surface area contributed by atoms with Crippen LogP contribution in [-0.2, 0) is 0 Å². The minimum atomic E-state index is 0.275. The summed E-state index contributed by atoms with van der Waals surface area (Å²) >= 11 is 0. The average molecular weight is 215 g/mol. The van der Waals surface area contributed by atoms with Crippen LogP contribution in [0.4, 0.5) is 0 Å². The number of rotatable bonds is 3. The first kappa shape index (κ1) is 10.9. The molecule has 2 aromatic rings. The van der Waals surface area contributed by atoms with Gasteiger partial charge in [-0.25, -0.2) is 4.98 Å². The highest BCUT2D eigenvalue weighted by Gasteiger charge is 2.10. The van der Waals surface area contributed by atoms with Gasteiger partial charge in [-0.1, -0.05) is 24.3 Å². The van der Waals surface area contributed by atoms with Gasteiger partial charge in [0.2, 0.25) is 0 Å². The van der Waals surface area contributed by atoms with Gasteiger partial charge in [0.1, 0.15) is 0 Å². The number of aryl methyl sites for hydroxylation is 1. The molecule has 3 nitrogen and oxygen atoms in total. The zero-order valence-electron chi connectivity index (χ0n) is 9.72. The number of benzene rings is 1. The van der Waals surface area contributed by atoms with Crippen molar-refractivity contribution in [2.24, 2.45) is 5.73 Å². The Morgan fingerprint density at radius 1 is 1.38 bits per heavy atom. The standard InChI is InChI=1S/C13H17N3/c1-10-5-3-4-6-12(10)13-8-15-9-16(13)11(2)7-14/h3-6,8-9,11H,7,14H2,1-2H3. The van der Waals surface area contributed by atoms with Crippen LogP contribution in [0.2, 0.25) is 0 Å². The highest BCUT2D eigenvalue weighted by Crippen LogP contribution is 2.24. The smallest absolute Gasteiger partial charge is 0.0953 e. The van der Waals surface area contributed by atoms with Crippen LogP contribution in [0.25, 0.3) is 11.3 Å². The number of hydrogen-bond acceptors (Lipinski definition) is 2. The van der Waals surface area contributed by atoms with E-state index in [0.717, 1.165) is 5.69 Å².